The maximum Gasteiger partial charge on any atom is 0.134 e. The molecule has 1 fully saturated rings. The molecule has 0 radical (unpaired) electrons. The number of para-hydroxylation sites is 1. The van der Waals surface area contributed by atoms with Gasteiger partial charge < -0.3 is 4.42 Å². The Hall–Kier alpha value is -0.990. The highest BCUT2D eigenvalue weighted by Crippen LogP contribution is 2.30. The molecule has 1 aromatic heterocycles. The van der Waals surface area contributed by atoms with Crippen LogP contribution in [0.4, 0.5) is 0 Å². The van der Waals surface area contributed by atoms with Crippen LogP contribution in [0.2, 0.25) is 0 Å². The van der Waals surface area contributed by atoms with E-state index in [0.29, 0.717) is 5.41 Å². The second-order valence-corrected chi connectivity index (χ2v) is 6.23. The molecule has 0 unspecified atom stereocenters. The van der Waals surface area contributed by atoms with Gasteiger partial charge in [0, 0.05) is 11.9 Å². The van der Waals surface area contributed by atoms with E-state index in [1.54, 1.807) is 0 Å². The number of hydrogen-bond acceptors (Lipinski definition) is 2. The van der Waals surface area contributed by atoms with Gasteiger partial charge in [-0.1, -0.05) is 32.0 Å². The first-order valence-electron chi connectivity index (χ1n) is 6.82. The highest BCUT2D eigenvalue weighted by atomic mass is 35.5. The fourth-order valence-electron chi connectivity index (χ4n) is 3.01. The van der Waals surface area contributed by atoms with E-state index in [9.17, 15) is 0 Å². The molecule has 104 valence electrons. The second-order valence-electron chi connectivity index (χ2n) is 6.23. The van der Waals surface area contributed by atoms with Crippen LogP contribution in [-0.4, -0.2) is 18.0 Å². The van der Waals surface area contributed by atoms with Crippen LogP contribution >= 0.6 is 12.4 Å². The van der Waals surface area contributed by atoms with Gasteiger partial charge in [-0.25, -0.2) is 0 Å². The van der Waals surface area contributed by atoms with Crippen LogP contribution in [0.5, 0.6) is 0 Å². The average molecular weight is 280 g/mol. The third kappa shape index (κ3) is 3.31. The maximum atomic E-state index is 5.90. The minimum atomic E-state index is 0. The van der Waals surface area contributed by atoms with E-state index in [4.69, 9.17) is 4.42 Å². The van der Waals surface area contributed by atoms with E-state index < -0.39 is 0 Å². The molecule has 0 N–H and O–H groups in total. The predicted octanol–water partition coefficient (Wildman–Crippen LogP) is 4.48. The SMILES string of the molecule is CC1(C)CCCN(Cc2cc3ccccc3o2)C1.Cl. The number of nitrogens with zero attached hydrogens (tertiary/aromatic N) is 1. The van der Waals surface area contributed by atoms with E-state index in [2.05, 4.69) is 36.9 Å². The van der Waals surface area contributed by atoms with Crippen molar-refractivity contribution in [3.05, 3.63) is 36.1 Å². The molecule has 0 amide bonds. The van der Waals surface area contributed by atoms with E-state index >= 15 is 0 Å². The zero-order chi connectivity index (χ0) is 12.6. The molecule has 3 rings (SSSR count). The van der Waals surface area contributed by atoms with Crippen LogP contribution in [0.3, 0.4) is 0 Å². The summed E-state index contributed by atoms with van der Waals surface area (Å²) in [5.74, 6) is 1.09. The van der Waals surface area contributed by atoms with Crippen molar-refractivity contribution in [2.45, 2.75) is 33.2 Å². The van der Waals surface area contributed by atoms with Crippen LogP contribution in [-0.2, 0) is 6.54 Å². The van der Waals surface area contributed by atoms with Crippen molar-refractivity contribution in [3.63, 3.8) is 0 Å². The monoisotopic (exact) mass is 279 g/mol. The average Bonchev–Trinajstić information content (AvgIpc) is 2.69. The quantitative estimate of drug-likeness (QED) is 0.806. The number of benzene rings is 1. The van der Waals surface area contributed by atoms with Gasteiger partial charge >= 0.3 is 0 Å². The minimum Gasteiger partial charge on any atom is -0.460 e. The van der Waals surface area contributed by atoms with E-state index in [-0.39, 0.29) is 12.4 Å². The molecule has 1 aliphatic rings. The first-order valence-corrected chi connectivity index (χ1v) is 6.82. The van der Waals surface area contributed by atoms with Crippen molar-refractivity contribution in [1.29, 1.82) is 0 Å². The Morgan fingerprint density at radius 3 is 2.79 bits per heavy atom. The number of piperidine rings is 1. The molecular weight excluding hydrogens is 258 g/mol. The van der Waals surface area contributed by atoms with Crippen molar-refractivity contribution in [2.75, 3.05) is 13.1 Å². The summed E-state index contributed by atoms with van der Waals surface area (Å²) in [5.41, 5.74) is 1.45. The molecule has 1 saturated heterocycles. The summed E-state index contributed by atoms with van der Waals surface area (Å²) in [7, 11) is 0. The summed E-state index contributed by atoms with van der Waals surface area (Å²) in [4.78, 5) is 2.52. The van der Waals surface area contributed by atoms with Gasteiger partial charge in [-0.05, 0) is 36.9 Å². The molecule has 2 heterocycles. The van der Waals surface area contributed by atoms with E-state index in [1.165, 1.54) is 31.3 Å². The first kappa shape index (κ1) is 14.4. The van der Waals surface area contributed by atoms with E-state index in [1.807, 2.05) is 12.1 Å². The van der Waals surface area contributed by atoms with Gasteiger partial charge in [0.05, 0.1) is 6.54 Å². The van der Waals surface area contributed by atoms with Crippen molar-refractivity contribution >= 4 is 23.4 Å². The van der Waals surface area contributed by atoms with Crippen molar-refractivity contribution in [3.8, 4) is 0 Å². The van der Waals surface area contributed by atoms with Gasteiger partial charge in [0.2, 0.25) is 0 Å². The Balaban J connectivity index is 0.00000133. The molecule has 2 nitrogen and oxygen atoms in total. The molecular formula is C16H22ClNO. The maximum absolute atomic E-state index is 5.90. The number of halogens is 1. The highest BCUT2D eigenvalue weighted by molar-refractivity contribution is 5.85. The zero-order valence-electron chi connectivity index (χ0n) is 11.7. The Labute approximate surface area is 121 Å². The molecule has 0 atom stereocenters. The smallest absolute Gasteiger partial charge is 0.134 e. The number of furan rings is 1. The van der Waals surface area contributed by atoms with Gasteiger partial charge in [0.15, 0.2) is 0 Å². The predicted molar refractivity (Wildman–Crippen MR) is 81.8 cm³/mol. The third-order valence-corrected chi connectivity index (χ3v) is 3.84. The van der Waals surface area contributed by atoms with Crippen LogP contribution in [0, 0.1) is 5.41 Å². The summed E-state index contributed by atoms with van der Waals surface area (Å²) in [6.45, 7) is 8.03. The Bertz CT molecular complexity index is 513. The highest BCUT2D eigenvalue weighted by Gasteiger charge is 2.26. The Morgan fingerprint density at radius 2 is 2.05 bits per heavy atom. The summed E-state index contributed by atoms with van der Waals surface area (Å²) in [6.07, 6.45) is 2.64. The Kier molecular flexibility index (Phi) is 4.22. The van der Waals surface area contributed by atoms with E-state index in [0.717, 1.165) is 17.9 Å². The first-order chi connectivity index (χ1) is 8.62. The largest absolute Gasteiger partial charge is 0.460 e. The lowest BCUT2D eigenvalue weighted by Crippen LogP contribution is -2.39. The fourth-order valence-corrected chi connectivity index (χ4v) is 3.01. The van der Waals surface area contributed by atoms with Crippen LogP contribution in [0.15, 0.2) is 34.7 Å². The topological polar surface area (TPSA) is 16.4 Å². The number of likely N-dealkylation sites (tertiary alicyclic amines) is 1. The lowest BCUT2D eigenvalue weighted by Gasteiger charge is -2.37. The number of rotatable bonds is 2. The summed E-state index contributed by atoms with van der Waals surface area (Å²) >= 11 is 0. The molecule has 0 saturated carbocycles. The zero-order valence-corrected chi connectivity index (χ0v) is 12.5. The van der Waals surface area contributed by atoms with Crippen LogP contribution in [0.1, 0.15) is 32.4 Å². The van der Waals surface area contributed by atoms with Gasteiger partial charge in [-0.3, -0.25) is 4.90 Å². The van der Waals surface area contributed by atoms with Crippen molar-refractivity contribution in [1.82, 2.24) is 4.90 Å². The van der Waals surface area contributed by atoms with Crippen LogP contribution < -0.4 is 0 Å². The summed E-state index contributed by atoms with van der Waals surface area (Å²) in [5, 5.41) is 1.21. The molecule has 1 aromatic carbocycles. The second kappa shape index (κ2) is 5.56. The third-order valence-electron chi connectivity index (χ3n) is 3.84. The molecule has 19 heavy (non-hydrogen) atoms. The molecule has 2 aromatic rings. The van der Waals surface area contributed by atoms with Gasteiger partial charge in [-0.2, -0.15) is 0 Å². The summed E-state index contributed by atoms with van der Waals surface area (Å²) in [6, 6.07) is 10.4. The molecule has 1 aliphatic heterocycles. The van der Waals surface area contributed by atoms with Gasteiger partial charge in [0.1, 0.15) is 11.3 Å². The van der Waals surface area contributed by atoms with Crippen LogP contribution in [0.25, 0.3) is 11.0 Å². The molecule has 0 spiro atoms. The standard InChI is InChI=1S/C16H21NO.ClH/c1-16(2)8-5-9-17(12-16)11-14-10-13-6-3-4-7-15(13)18-14;/h3-4,6-7,10H,5,8-9,11-12H2,1-2H3;1H. The van der Waals surface area contributed by atoms with Gasteiger partial charge in [-0.15, -0.1) is 12.4 Å². The Morgan fingerprint density at radius 1 is 1.26 bits per heavy atom. The summed E-state index contributed by atoms with van der Waals surface area (Å²) < 4.78 is 5.90. The lowest BCUT2D eigenvalue weighted by molar-refractivity contribution is 0.105. The van der Waals surface area contributed by atoms with Crippen molar-refractivity contribution in [2.24, 2.45) is 5.41 Å². The van der Waals surface area contributed by atoms with Gasteiger partial charge in [0.25, 0.3) is 0 Å². The lowest BCUT2D eigenvalue weighted by atomic mass is 9.84. The van der Waals surface area contributed by atoms with Crippen molar-refractivity contribution < 1.29 is 4.42 Å². The number of hydrogen-bond donors (Lipinski definition) is 0. The molecule has 0 aliphatic carbocycles. The normalized spacial score (nSPS) is 19.3. The molecule has 3 heteroatoms. The molecule has 0 bridgehead atoms. The minimum absolute atomic E-state index is 0. The fraction of sp³-hybridized carbons (Fsp3) is 0.500. The number of fused-ring (bicyclic) bond motifs is 1.